The van der Waals surface area contributed by atoms with Crippen LogP contribution in [0.15, 0.2) is 0 Å². The lowest BCUT2D eigenvalue weighted by atomic mass is 9.67. The van der Waals surface area contributed by atoms with Crippen LogP contribution in [0.5, 0.6) is 0 Å². The summed E-state index contributed by atoms with van der Waals surface area (Å²) >= 11 is 0. The Labute approximate surface area is 129 Å². The predicted molar refractivity (Wildman–Crippen MR) is 84.8 cm³/mol. The smallest absolute Gasteiger partial charge is 0.116 e. The average molecular weight is 300 g/mol. The van der Waals surface area contributed by atoms with Crippen molar-refractivity contribution < 1.29 is 20.1 Å². The fourth-order valence-electron chi connectivity index (χ4n) is 2.62. The molecule has 1 aliphatic rings. The Hall–Kier alpha value is -0.135. The van der Waals surface area contributed by atoms with Gasteiger partial charge in [0.05, 0.1) is 31.5 Å². The molecular formula is C15H31BNO4. The van der Waals surface area contributed by atoms with Gasteiger partial charge in [-0.1, -0.05) is 31.9 Å². The van der Waals surface area contributed by atoms with E-state index in [4.69, 9.17) is 9.84 Å². The third-order valence-electron chi connectivity index (χ3n) is 3.79. The molecule has 0 aromatic heterocycles. The second-order valence-corrected chi connectivity index (χ2v) is 6.20. The van der Waals surface area contributed by atoms with Gasteiger partial charge in [-0.05, 0) is 19.8 Å². The predicted octanol–water partition coefficient (Wildman–Crippen LogP) is 0.569. The number of ether oxygens (including phenoxy) is 1. The Kier molecular flexibility index (Phi) is 10.3. The zero-order valence-electron chi connectivity index (χ0n) is 13.2. The van der Waals surface area contributed by atoms with Crippen LogP contribution >= 0.6 is 0 Å². The highest BCUT2D eigenvalue weighted by molar-refractivity contribution is 6.35. The highest BCUT2D eigenvalue weighted by Crippen LogP contribution is 2.17. The van der Waals surface area contributed by atoms with Gasteiger partial charge in [-0.25, -0.2) is 0 Å². The highest BCUT2D eigenvalue weighted by Gasteiger charge is 2.15. The first-order valence-electron chi connectivity index (χ1n) is 8.25. The fraction of sp³-hybridized carbons (Fsp3) is 1.00. The van der Waals surface area contributed by atoms with E-state index in [9.17, 15) is 10.2 Å². The van der Waals surface area contributed by atoms with E-state index in [0.717, 1.165) is 0 Å². The molecule has 6 heteroatoms. The molecule has 21 heavy (non-hydrogen) atoms. The molecule has 0 spiro atoms. The Morgan fingerprint density at radius 3 is 2.38 bits per heavy atom. The topological polar surface area (TPSA) is 82.0 Å². The fourth-order valence-corrected chi connectivity index (χ4v) is 2.62. The molecule has 1 rings (SSSR count). The van der Waals surface area contributed by atoms with Crippen molar-refractivity contribution in [3.8, 4) is 0 Å². The van der Waals surface area contributed by atoms with Crippen LogP contribution in [-0.2, 0) is 4.74 Å². The van der Waals surface area contributed by atoms with Crippen molar-refractivity contribution in [1.29, 1.82) is 0 Å². The lowest BCUT2D eigenvalue weighted by Crippen LogP contribution is -2.37. The van der Waals surface area contributed by atoms with Gasteiger partial charge in [0.25, 0.3) is 0 Å². The number of hydrogen-bond donors (Lipinski definition) is 4. The van der Waals surface area contributed by atoms with Gasteiger partial charge in [-0.2, -0.15) is 0 Å². The minimum Gasteiger partial charge on any atom is -0.393 e. The quantitative estimate of drug-likeness (QED) is 0.419. The molecule has 0 heterocycles. The molecule has 0 aromatic carbocycles. The highest BCUT2D eigenvalue weighted by atomic mass is 16.5. The largest absolute Gasteiger partial charge is 0.393 e. The van der Waals surface area contributed by atoms with Gasteiger partial charge in [-0.3, -0.25) is 0 Å². The van der Waals surface area contributed by atoms with Crippen LogP contribution in [-0.4, -0.2) is 66.7 Å². The molecule has 0 aromatic rings. The summed E-state index contributed by atoms with van der Waals surface area (Å²) in [4.78, 5) is 0. The molecule has 4 N–H and O–H groups in total. The van der Waals surface area contributed by atoms with Gasteiger partial charge in [0.15, 0.2) is 0 Å². The van der Waals surface area contributed by atoms with Gasteiger partial charge in [0, 0.05) is 12.6 Å². The van der Waals surface area contributed by atoms with Gasteiger partial charge in [0.2, 0.25) is 0 Å². The van der Waals surface area contributed by atoms with E-state index in [2.05, 4.69) is 5.32 Å². The van der Waals surface area contributed by atoms with Crippen molar-refractivity contribution >= 4 is 7.28 Å². The molecule has 3 atom stereocenters. The third-order valence-corrected chi connectivity index (χ3v) is 3.79. The van der Waals surface area contributed by atoms with Gasteiger partial charge in [-0.15, -0.1) is 0 Å². The maximum absolute atomic E-state index is 9.90. The second-order valence-electron chi connectivity index (χ2n) is 6.20. The average Bonchev–Trinajstić information content (AvgIpc) is 2.46. The molecule has 0 bridgehead atoms. The van der Waals surface area contributed by atoms with E-state index < -0.39 is 18.3 Å². The molecule has 1 saturated carbocycles. The first-order valence-corrected chi connectivity index (χ1v) is 8.25. The Bertz CT molecular complexity index is 250. The number of nitrogens with one attached hydrogen (secondary N) is 1. The maximum Gasteiger partial charge on any atom is 0.116 e. The molecule has 1 radical (unpaired) electrons. The first-order chi connectivity index (χ1) is 10.1. The monoisotopic (exact) mass is 300 g/mol. The van der Waals surface area contributed by atoms with Crippen LogP contribution < -0.4 is 5.32 Å². The van der Waals surface area contributed by atoms with Gasteiger partial charge < -0.3 is 25.4 Å². The molecule has 0 amide bonds. The van der Waals surface area contributed by atoms with Crippen molar-refractivity contribution in [3.63, 3.8) is 0 Å². The van der Waals surface area contributed by atoms with Gasteiger partial charge in [0.1, 0.15) is 7.28 Å². The van der Waals surface area contributed by atoms with Crippen molar-refractivity contribution in [1.82, 2.24) is 5.32 Å². The normalized spacial score (nSPS) is 21.0. The van der Waals surface area contributed by atoms with E-state index in [-0.39, 0.29) is 13.2 Å². The zero-order chi connectivity index (χ0) is 15.5. The Balaban J connectivity index is 1.95. The number of rotatable bonds is 11. The lowest BCUT2D eigenvalue weighted by molar-refractivity contribution is 0.00388. The zero-order valence-corrected chi connectivity index (χ0v) is 13.2. The van der Waals surface area contributed by atoms with Crippen molar-refractivity contribution in [2.75, 3.05) is 19.8 Å². The molecular weight excluding hydrogens is 269 g/mol. The molecule has 1 aliphatic carbocycles. The summed E-state index contributed by atoms with van der Waals surface area (Å²) in [6.45, 7) is 2.73. The Morgan fingerprint density at radius 2 is 1.71 bits per heavy atom. The third kappa shape index (κ3) is 10.3. The summed E-state index contributed by atoms with van der Waals surface area (Å²) in [6, 6.07) is 0.563. The van der Waals surface area contributed by atoms with E-state index in [1.54, 1.807) is 6.92 Å². The minimum absolute atomic E-state index is 0.220. The van der Waals surface area contributed by atoms with Crippen molar-refractivity contribution in [2.45, 2.75) is 76.0 Å². The van der Waals surface area contributed by atoms with Gasteiger partial charge >= 0.3 is 0 Å². The van der Waals surface area contributed by atoms with E-state index in [0.29, 0.717) is 25.2 Å². The van der Waals surface area contributed by atoms with Crippen LogP contribution in [0.3, 0.4) is 0 Å². The summed E-state index contributed by atoms with van der Waals surface area (Å²) in [5, 5.41) is 32.0. The minimum atomic E-state index is -0.567. The van der Waals surface area contributed by atoms with Crippen LogP contribution in [0.2, 0.25) is 12.6 Å². The summed E-state index contributed by atoms with van der Waals surface area (Å²) in [7, 11) is 1.91. The first kappa shape index (κ1) is 18.9. The second kappa shape index (κ2) is 11.4. The molecule has 1 fully saturated rings. The molecule has 0 aliphatic heterocycles. The van der Waals surface area contributed by atoms with E-state index in [1.807, 2.05) is 7.28 Å². The summed E-state index contributed by atoms with van der Waals surface area (Å²) in [5.74, 6) is 0. The molecule has 3 unspecified atom stereocenters. The van der Waals surface area contributed by atoms with Crippen LogP contribution in [0.4, 0.5) is 0 Å². The van der Waals surface area contributed by atoms with Crippen LogP contribution in [0.1, 0.15) is 39.0 Å². The molecule has 5 nitrogen and oxygen atoms in total. The Morgan fingerprint density at radius 1 is 1.05 bits per heavy atom. The molecule has 123 valence electrons. The van der Waals surface area contributed by atoms with Crippen molar-refractivity contribution in [3.05, 3.63) is 0 Å². The molecule has 0 saturated heterocycles. The van der Waals surface area contributed by atoms with E-state index in [1.165, 1.54) is 32.1 Å². The number of aliphatic hydroxyl groups excluding tert-OH is 3. The number of hydrogen-bond acceptors (Lipinski definition) is 5. The summed E-state index contributed by atoms with van der Waals surface area (Å²) < 4.78 is 5.15. The lowest BCUT2D eigenvalue weighted by Gasteiger charge is -2.24. The van der Waals surface area contributed by atoms with Crippen LogP contribution in [0, 0.1) is 0 Å². The SMILES string of the molecule is CC(O)COCC(O)C[B]CC(O)CNC1CCCCC1. The summed E-state index contributed by atoms with van der Waals surface area (Å²) in [6.07, 6.45) is 5.97. The summed E-state index contributed by atoms with van der Waals surface area (Å²) in [5.41, 5.74) is 0. The van der Waals surface area contributed by atoms with Crippen LogP contribution in [0.25, 0.3) is 0 Å². The standard InChI is InChI=1S/C15H31BNO4/c1-12(18)10-21-11-15(20)8-16-7-14(19)9-17-13-5-3-2-4-6-13/h12-15,17-20H,2-11H2,1H3. The van der Waals surface area contributed by atoms with Crippen molar-refractivity contribution in [2.24, 2.45) is 0 Å². The number of aliphatic hydroxyl groups is 3. The maximum atomic E-state index is 9.90. The van der Waals surface area contributed by atoms with E-state index >= 15 is 0 Å².